The summed E-state index contributed by atoms with van der Waals surface area (Å²) in [6, 6.07) is 31.6. The van der Waals surface area contributed by atoms with E-state index in [1.165, 1.54) is 42.5 Å². The van der Waals surface area contributed by atoms with Crippen molar-refractivity contribution in [3.8, 4) is 23.0 Å². The first-order valence-corrected chi connectivity index (χ1v) is 16.2. The molecule has 247 valence electrons. The van der Waals surface area contributed by atoms with Crippen LogP contribution in [-0.2, 0) is 27.5 Å². The van der Waals surface area contributed by atoms with E-state index in [0.717, 1.165) is 16.8 Å². The van der Waals surface area contributed by atoms with Crippen LogP contribution in [0.3, 0.4) is 0 Å². The minimum atomic E-state index is -4.84. The van der Waals surface area contributed by atoms with Crippen molar-refractivity contribution in [1.29, 1.82) is 0 Å². The number of hydrogen-bond acceptors (Lipinski definition) is 11. The summed E-state index contributed by atoms with van der Waals surface area (Å²) in [5.74, 6) is -1.68. The van der Waals surface area contributed by atoms with Crippen LogP contribution in [0.2, 0.25) is 5.02 Å². The first-order valence-electron chi connectivity index (χ1n) is 14.4. The summed E-state index contributed by atoms with van der Waals surface area (Å²) < 4.78 is 34.5. The smallest absolute Gasteiger partial charge is 0.871 e. The second-order valence-electron chi connectivity index (χ2n) is 10.5. The quantitative estimate of drug-likeness (QED) is 0.128. The molecule has 7 aromatic rings. The molecular formula is C36H20ClCrN4O7S-2. The fourth-order valence-electron chi connectivity index (χ4n) is 5.06. The van der Waals surface area contributed by atoms with Crippen LogP contribution in [0.1, 0.15) is 0 Å². The van der Waals surface area contributed by atoms with Crippen molar-refractivity contribution in [1.82, 2.24) is 0 Å². The van der Waals surface area contributed by atoms with E-state index >= 15 is 0 Å². The van der Waals surface area contributed by atoms with E-state index in [4.69, 9.17) is 11.6 Å². The predicted molar refractivity (Wildman–Crippen MR) is 177 cm³/mol. The van der Waals surface area contributed by atoms with Gasteiger partial charge in [0.15, 0.2) is 0 Å². The Balaban J connectivity index is 0.000000198. The molecule has 1 radical (unpaired) electrons. The second-order valence-corrected chi connectivity index (χ2v) is 12.3. The van der Waals surface area contributed by atoms with Gasteiger partial charge in [0.05, 0.1) is 27.6 Å². The Morgan fingerprint density at radius 3 is 1.46 bits per heavy atom. The maximum atomic E-state index is 12.4. The van der Waals surface area contributed by atoms with E-state index in [0.29, 0.717) is 15.8 Å². The molecule has 0 aliphatic heterocycles. The molecule has 0 aromatic heterocycles. The number of rotatable bonds is 5. The molecule has 0 saturated carbocycles. The molecule has 0 aliphatic rings. The Hall–Kier alpha value is -5.55. The number of fused-ring (bicyclic) bond motifs is 3. The van der Waals surface area contributed by atoms with Gasteiger partial charge in [-0.2, -0.15) is 20.5 Å². The molecule has 0 bridgehead atoms. The molecule has 7 rings (SSSR count). The number of hydrogen-bond donors (Lipinski definition) is 0. The van der Waals surface area contributed by atoms with Gasteiger partial charge in [-0.3, -0.25) is 0 Å². The summed E-state index contributed by atoms with van der Waals surface area (Å²) in [5, 5.41) is 67.6. The third kappa shape index (κ3) is 7.53. The molecule has 0 amide bonds. The molecule has 0 spiro atoms. The zero-order chi connectivity index (χ0) is 34.7. The van der Waals surface area contributed by atoms with Gasteiger partial charge in [0.25, 0.3) is 0 Å². The molecule has 0 N–H and O–H groups in total. The van der Waals surface area contributed by atoms with Crippen LogP contribution in [0.5, 0.6) is 23.0 Å². The second kappa shape index (κ2) is 14.9. The van der Waals surface area contributed by atoms with Gasteiger partial charge in [0, 0.05) is 26.6 Å². The molecule has 50 heavy (non-hydrogen) atoms. The Bertz CT molecular complexity index is 2570. The molecular weight excluding hydrogens is 720 g/mol. The van der Waals surface area contributed by atoms with Gasteiger partial charge in [-0.15, -0.1) is 0 Å². The van der Waals surface area contributed by atoms with Crippen molar-refractivity contribution >= 4 is 76.8 Å². The van der Waals surface area contributed by atoms with Crippen LogP contribution < -0.4 is 20.4 Å². The van der Waals surface area contributed by atoms with Crippen LogP contribution in [0.25, 0.3) is 32.3 Å². The zero-order valence-electron chi connectivity index (χ0n) is 25.4. The fraction of sp³-hybridized carbons (Fsp3) is 0. The van der Waals surface area contributed by atoms with Crippen molar-refractivity contribution in [3.63, 3.8) is 0 Å². The van der Waals surface area contributed by atoms with Crippen LogP contribution in [0, 0.1) is 0 Å². The zero-order valence-corrected chi connectivity index (χ0v) is 28.2. The summed E-state index contributed by atoms with van der Waals surface area (Å²) >= 11 is 5.82. The molecule has 0 aliphatic carbocycles. The first kappa shape index (κ1) is 35.8. The van der Waals surface area contributed by atoms with Crippen LogP contribution >= 0.6 is 11.6 Å². The number of azo groups is 2. The third-order valence-corrected chi connectivity index (χ3v) is 8.48. The minimum absolute atomic E-state index is 0. The monoisotopic (exact) mass is 739 g/mol. The molecule has 0 atom stereocenters. The molecule has 0 unspecified atom stereocenters. The SMILES string of the molecule is O=S(=O)([O-])c1cc([O-])c(N=Nc2c([O-])ccc3ccccc23)c2ccccc12.[Cr+3].[O-]c1ccc(Cl)cc1N=Nc1c([O-])ccc2ccccc12. The molecule has 0 saturated heterocycles. The maximum absolute atomic E-state index is 12.4. The van der Waals surface area contributed by atoms with Gasteiger partial charge >= 0.3 is 17.4 Å². The van der Waals surface area contributed by atoms with Gasteiger partial charge in [-0.25, -0.2) is 8.42 Å². The van der Waals surface area contributed by atoms with Crippen molar-refractivity contribution in [2.45, 2.75) is 4.90 Å². The van der Waals surface area contributed by atoms with Crippen molar-refractivity contribution in [2.24, 2.45) is 20.5 Å². The van der Waals surface area contributed by atoms with Crippen LogP contribution in [0.15, 0.2) is 147 Å². The Morgan fingerprint density at radius 1 is 0.480 bits per heavy atom. The van der Waals surface area contributed by atoms with Crippen molar-refractivity contribution in [3.05, 3.63) is 126 Å². The fourth-order valence-corrected chi connectivity index (χ4v) is 5.93. The van der Waals surface area contributed by atoms with Crippen molar-refractivity contribution in [2.75, 3.05) is 0 Å². The largest absolute Gasteiger partial charge is 3.00 e. The molecule has 14 heteroatoms. The molecule has 7 aromatic carbocycles. The molecule has 0 heterocycles. The molecule has 0 fully saturated rings. The third-order valence-electron chi connectivity index (χ3n) is 7.37. The predicted octanol–water partition coefficient (Wildman–Crippen LogP) is 7.51. The van der Waals surface area contributed by atoms with Gasteiger partial charge in [-0.05, 0) is 29.0 Å². The van der Waals surface area contributed by atoms with Gasteiger partial charge < -0.3 is 25.0 Å². The summed E-state index contributed by atoms with van der Waals surface area (Å²) in [5.41, 5.74) is 0.250. The average molecular weight is 740 g/mol. The Kier molecular flexibility index (Phi) is 10.7. The van der Waals surface area contributed by atoms with E-state index in [2.05, 4.69) is 20.5 Å². The van der Waals surface area contributed by atoms with E-state index < -0.39 is 20.8 Å². The number of halogens is 1. The normalized spacial score (nSPS) is 11.6. The standard InChI is InChI=1S/C20H14N2O5S.C16H11ClN2O2.Cr/c23-16-10-9-12-5-1-2-6-13(12)19(16)21-22-20-15-8-4-3-7-14(15)18(11-17(20)24)28(25,26)27;17-11-6-8-14(20)13(9-11)18-19-16-12-4-2-1-3-10(12)5-7-15(16)21;/h1-11,23-24H,(H,25,26,27);1-9,20-21H;/q;;+3/p-5. The molecule has 11 nitrogen and oxygen atoms in total. The van der Waals surface area contributed by atoms with Gasteiger partial charge in [0.1, 0.15) is 10.1 Å². The summed E-state index contributed by atoms with van der Waals surface area (Å²) in [6.07, 6.45) is 0. The number of benzene rings is 7. The van der Waals surface area contributed by atoms with Gasteiger partial charge in [-0.1, -0.05) is 138 Å². The summed E-state index contributed by atoms with van der Waals surface area (Å²) in [4.78, 5) is -0.610. The summed E-state index contributed by atoms with van der Waals surface area (Å²) in [6.45, 7) is 0. The first-order chi connectivity index (χ1) is 23.5. The Morgan fingerprint density at radius 2 is 0.920 bits per heavy atom. The van der Waals surface area contributed by atoms with Gasteiger partial charge in [0.2, 0.25) is 0 Å². The van der Waals surface area contributed by atoms with Crippen LogP contribution in [0.4, 0.5) is 22.7 Å². The van der Waals surface area contributed by atoms with Crippen LogP contribution in [-0.4, -0.2) is 13.0 Å². The van der Waals surface area contributed by atoms with Crippen molar-refractivity contribution < 1.29 is 50.8 Å². The average Bonchev–Trinajstić information content (AvgIpc) is 3.09. The minimum Gasteiger partial charge on any atom is -0.871 e. The van der Waals surface area contributed by atoms with E-state index in [1.807, 2.05) is 30.3 Å². The van der Waals surface area contributed by atoms with E-state index in [1.54, 1.807) is 42.5 Å². The van der Waals surface area contributed by atoms with E-state index in [-0.39, 0.29) is 68.1 Å². The summed E-state index contributed by atoms with van der Waals surface area (Å²) in [7, 11) is -4.84. The maximum Gasteiger partial charge on any atom is 3.00 e. The topological polar surface area (TPSA) is 199 Å². The number of nitrogens with zero attached hydrogens (tertiary/aromatic N) is 4. The van der Waals surface area contributed by atoms with E-state index in [9.17, 15) is 33.4 Å². The Labute approximate surface area is 301 Å².